The van der Waals surface area contributed by atoms with Gasteiger partial charge in [0.05, 0.1) is 18.7 Å². The van der Waals surface area contributed by atoms with Crippen LogP contribution in [0.3, 0.4) is 0 Å². The van der Waals surface area contributed by atoms with Crippen LogP contribution in [0.4, 0.5) is 0 Å². The molecule has 8 heteroatoms. The Morgan fingerprint density at radius 3 is 2.76 bits per heavy atom. The minimum absolute atomic E-state index is 0.100. The summed E-state index contributed by atoms with van der Waals surface area (Å²) >= 11 is 0. The van der Waals surface area contributed by atoms with E-state index < -0.39 is 0 Å². The Morgan fingerprint density at radius 2 is 2.10 bits per heavy atom. The van der Waals surface area contributed by atoms with E-state index in [4.69, 9.17) is 4.74 Å². The summed E-state index contributed by atoms with van der Waals surface area (Å²) in [5.74, 6) is 0.282. The van der Waals surface area contributed by atoms with Gasteiger partial charge in [0.25, 0.3) is 0 Å². The predicted molar refractivity (Wildman–Crippen MR) is 74.2 cm³/mol. The number of aryl methyl sites for hydroxylation is 4. The minimum atomic E-state index is -0.284. The topological polar surface area (TPSA) is 87.7 Å². The monoisotopic (exact) mass is 292 g/mol. The molecule has 0 unspecified atom stereocenters. The fraction of sp³-hybridized carbons (Fsp3) is 0.615. The third kappa shape index (κ3) is 4.11. The second-order valence-electron chi connectivity index (χ2n) is 4.88. The standard InChI is InChI=1S/C13H20N6O2/c1-4-6-19-12(14-16-17-19)9-21-13(20)5-7-18-11(3)8-10(2)15-18/h8H,4-7,9H2,1-3H3. The predicted octanol–water partition coefficient (Wildman–Crippen LogP) is 1.03. The Balaban J connectivity index is 1.79. The van der Waals surface area contributed by atoms with Crippen molar-refractivity contribution in [3.8, 4) is 0 Å². The van der Waals surface area contributed by atoms with Crippen LogP contribution in [-0.2, 0) is 29.2 Å². The molecule has 2 rings (SSSR count). The van der Waals surface area contributed by atoms with E-state index in [-0.39, 0.29) is 19.0 Å². The summed E-state index contributed by atoms with van der Waals surface area (Å²) in [6.45, 7) is 7.25. The van der Waals surface area contributed by atoms with Gasteiger partial charge in [-0.05, 0) is 36.8 Å². The molecule has 0 fully saturated rings. The van der Waals surface area contributed by atoms with Gasteiger partial charge in [-0.25, -0.2) is 4.68 Å². The van der Waals surface area contributed by atoms with E-state index >= 15 is 0 Å². The lowest BCUT2D eigenvalue weighted by Crippen LogP contribution is -2.13. The minimum Gasteiger partial charge on any atom is -0.457 e. The van der Waals surface area contributed by atoms with Gasteiger partial charge in [-0.15, -0.1) is 5.10 Å². The number of hydrogen-bond acceptors (Lipinski definition) is 6. The van der Waals surface area contributed by atoms with Crippen LogP contribution in [0.1, 0.15) is 37.0 Å². The van der Waals surface area contributed by atoms with E-state index in [1.54, 1.807) is 9.36 Å². The summed E-state index contributed by atoms with van der Waals surface area (Å²) in [4.78, 5) is 11.8. The second kappa shape index (κ2) is 6.96. The SMILES string of the molecule is CCCn1nnnc1COC(=O)CCn1nc(C)cc1C. The molecule has 0 spiro atoms. The molecule has 0 aliphatic rings. The zero-order valence-electron chi connectivity index (χ0n) is 12.6. The summed E-state index contributed by atoms with van der Waals surface area (Å²) in [6.07, 6.45) is 1.20. The van der Waals surface area contributed by atoms with E-state index in [1.165, 1.54) is 0 Å². The highest BCUT2D eigenvalue weighted by Crippen LogP contribution is 2.04. The van der Waals surface area contributed by atoms with Crippen LogP contribution in [0.5, 0.6) is 0 Å². The molecule has 0 atom stereocenters. The fourth-order valence-electron chi connectivity index (χ4n) is 2.03. The largest absolute Gasteiger partial charge is 0.457 e. The number of carbonyl (C=O) groups excluding carboxylic acids is 1. The van der Waals surface area contributed by atoms with Gasteiger partial charge < -0.3 is 4.74 Å². The molecule has 0 radical (unpaired) electrons. The Morgan fingerprint density at radius 1 is 1.29 bits per heavy atom. The average molecular weight is 292 g/mol. The Bertz CT molecular complexity index is 604. The molecule has 0 aliphatic carbocycles. The number of hydrogen-bond donors (Lipinski definition) is 0. The molecule has 8 nitrogen and oxygen atoms in total. The molecule has 2 heterocycles. The number of rotatable bonds is 7. The van der Waals surface area contributed by atoms with Gasteiger partial charge in [0.2, 0.25) is 0 Å². The van der Waals surface area contributed by atoms with Gasteiger partial charge in [-0.3, -0.25) is 9.48 Å². The lowest BCUT2D eigenvalue weighted by molar-refractivity contribution is -0.145. The lowest BCUT2D eigenvalue weighted by atomic mass is 10.4. The van der Waals surface area contributed by atoms with Crippen LogP contribution in [-0.4, -0.2) is 36.0 Å². The van der Waals surface area contributed by atoms with Gasteiger partial charge in [0, 0.05) is 12.2 Å². The zero-order valence-corrected chi connectivity index (χ0v) is 12.6. The molecule has 114 valence electrons. The van der Waals surface area contributed by atoms with E-state index in [0.29, 0.717) is 18.9 Å². The van der Waals surface area contributed by atoms with Crippen molar-refractivity contribution in [2.75, 3.05) is 0 Å². The normalized spacial score (nSPS) is 10.8. The number of carbonyl (C=O) groups is 1. The quantitative estimate of drug-likeness (QED) is 0.708. The Labute approximate surface area is 123 Å². The molecular weight excluding hydrogens is 272 g/mol. The maximum Gasteiger partial charge on any atom is 0.308 e. The van der Waals surface area contributed by atoms with Crippen LogP contribution < -0.4 is 0 Å². The fourth-order valence-corrected chi connectivity index (χ4v) is 2.03. The van der Waals surface area contributed by atoms with Crippen LogP contribution in [0, 0.1) is 13.8 Å². The highest BCUT2D eigenvalue weighted by atomic mass is 16.5. The molecule has 0 saturated heterocycles. The molecular formula is C13H20N6O2. The van der Waals surface area contributed by atoms with Gasteiger partial charge in [-0.1, -0.05) is 6.92 Å². The molecule has 2 aromatic heterocycles. The smallest absolute Gasteiger partial charge is 0.308 e. The lowest BCUT2D eigenvalue weighted by Gasteiger charge is -2.06. The molecule has 0 N–H and O–H groups in total. The van der Waals surface area contributed by atoms with Crippen molar-refractivity contribution < 1.29 is 9.53 Å². The number of nitrogens with zero attached hydrogens (tertiary/aromatic N) is 6. The highest BCUT2D eigenvalue weighted by molar-refractivity contribution is 5.69. The van der Waals surface area contributed by atoms with Crippen molar-refractivity contribution in [1.82, 2.24) is 30.0 Å². The molecule has 0 amide bonds. The molecule has 21 heavy (non-hydrogen) atoms. The van der Waals surface area contributed by atoms with Crippen LogP contribution >= 0.6 is 0 Å². The molecule has 0 aliphatic heterocycles. The summed E-state index contributed by atoms with van der Waals surface area (Å²) in [7, 11) is 0. The van der Waals surface area contributed by atoms with Gasteiger partial charge in [0.1, 0.15) is 0 Å². The first kappa shape index (κ1) is 15.1. The first-order valence-corrected chi connectivity index (χ1v) is 7.02. The third-order valence-corrected chi connectivity index (χ3v) is 3.03. The first-order chi connectivity index (χ1) is 10.1. The number of aromatic nitrogens is 6. The van der Waals surface area contributed by atoms with Crippen molar-refractivity contribution in [1.29, 1.82) is 0 Å². The van der Waals surface area contributed by atoms with Crippen LogP contribution in [0.2, 0.25) is 0 Å². The molecule has 2 aromatic rings. The van der Waals surface area contributed by atoms with Crippen LogP contribution in [0.25, 0.3) is 0 Å². The maximum absolute atomic E-state index is 11.8. The molecule has 0 aromatic carbocycles. The van der Waals surface area contributed by atoms with Crippen molar-refractivity contribution >= 4 is 5.97 Å². The second-order valence-corrected chi connectivity index (χ2v) is 4.88. The van der Waals surface area contributed by atoms with Gasteiger partial charge >= 0.3 is 5.97 Å². The van der Waals surface area contributed by atoms with Crippen molar-refractivity contribution in [3.63, 3.8) is 0 Å². The Hall–Kier alpha value is -2.25. The zero-order chi connectivity index (χ0) is 15.2. The van der Waals surface area contributed by atoms with Crippen LogP contribution in [0.15, 0.2) is 6.07 Å². The first-order valence-electron chi connectivity index (χ1n) is 7.02. The number of tetrazole rings is 1. The number of ether oxygens (including phenoxy) is 1. The van der Waals surface area contributed by atoms with E-state index in [1.807, 2.05) is 26.8 Å². The summed E-state index contributed by atoms with van der Waals surface area (Å²) < 4.78 is 8.65. The third-order valence-electron chi connectivity index (χ3n) is 3.03. The summed E-state index contributed by atoms with van der Waals surface area (Å²) in [6, 6.07) is 1.98. The number of esters is 1. The van der Waals surface area contributed by atoms with E-state index in [9.17, 15) is 4.79 Å². The van der Waals surface area contributed by atoms with E-state index in [0.717, 1.165) is 17.8 Å². The van der Waals surface area contributed by atoms with Gasteiger partial charge in [-0.2, -0.15) is 5.10 Å². The maximum atomic E-state index is 11.8. The average Bonchev–Trinajstić information content (AvgIpc) is 3.01. The molecule has 0 saturated carbocycles. The van der Waals surface area contributed by atoms with Gasteiger partial charge in [0.15, 0.2) is 12.4 Å². The van der Waals surface area contributed by atoms with Crippen molar-refractivity contribution in [2.45, 2.75) is 53.3 Å². The summed E-state index contributed by atoms with van der Waals surface area (Å²) in [5, 5.41) is 15.6. The van der Waals surface area contributed by atoms with Crippen molar-refractivity contribution in [3.05, 3.63) is 23.3 Å². The highest BCUT2D eigenvalue weighted by Gasteiger charge is 2.10. The summed E-state index contributed by atoms with van der Waals surface area (Å²) in [5.41, 5.74) is 1.98. The van der Waals surface area contributed by atoms with Crippen molar-refractivity contribution in [2.24, 2.45) is 0 Å². The van der Waals surface area contributed by atoms with E-state index in [2.05, 4.69) is 20.6 Å². The molecule has 0 bridgehead atoms. The Kier molecular flexibility index (Phi) is 5.02.